The van der Waals surface area contributed by atoms with Crippen molar-refractivity contribution in [2.24, 2.45) is 0 Å². The Kier molecular flexibility index (Phi) is 5.17. The normalized spacial score (nSPS) is 12.1. The number of nitrogens with zero attached hydrogens (tertiary/aromatic N) is 3. The summed E-state index contributed by atoms with van der Waals surface area (Å²) < 4.78 is 4.83. The molecular weight excluding hydrogens is 220 g/mol. The molecule has 0 radical (unpaired) electrons. The van der Waals surface area contributed by atoms with Gasteiger partial charge in [0.05, 0.1) is 37.3 Å². The van der Waals surface area contributed by atoms with Crippen molar-refractivity contribution >= 4 is 5.97 Å². The first-order valence-electron chi connectivity index (χ1n) is 5.42. The highest BCUT2D eigenvalue weighted by atomic mass is 16.5. The maximum atomic E-state index is 11.2. The zero-order valence-corrected chi connectivity index (χ0v) is 10.0. The quantitative estimate of drug-likeness (QED) is 0.741. The van der Waals surface area contributed by atoms with Gasteiger partial charge < -0.3 is 9.72 Å². The Bertz CT molecular complexity index is 383. The topological polar surface area (TPSA) is 82.0 Å². The minimum Gasteiger partial charge on any atom is -0.466 e. The zero-order valence-electron chi connectivity index (χ0n) is 10.0. The third-order valence-corrected chi connectivity index (χ3v) is 2.35. The lowest BCUT2D eigenvalue weighted by Gasteiger charge is -2.20. The van der Waals surface area contributed by atoms with Crippen LogP contribution in [0.1, 0.15) is 25.1 Å². The summed E-state index contributed by atoms with van der Waals surface area (Å²) in [5, 5.41) is 9.08. The molecule has 0 aromatic carbocycles. The molecule has 1 rings (SSSR count). The molecule has 6 nitrogen and oxygen atoms in total. The van der Waals surface area contributed by atoms with E-state index in [1.54, 1.807) is 25.1 Å². The lowest BCUT2D eigenvalue weighted by Crippen LogP contribution is -2.27. The molecule has 1 unspecified atom stereocenters. The van der Waals surface area contributed by atoms with Gasteiger partial charge in [-0.25, -0.2) is 4.98 Å². The number of hydrogen-bond donors (Lipinski definition) is 1. The Labute approximate surface area is 100 Å². The molecule has 1 atom stereocenters. The summed E-state index contributed by atoms with van der Waals surface area (Å²) in [5.41, 5.74) is 0.721. The number of imidazole rings is 1. The Morgan fingerprint density at radius 2 is 2.53 bits per heavy atom. The first-order chi connectivity index (χ1) is 8.19. The van der Waals surface area contributed by atoms with Crippen molar-refractivity contribution in [2.45, 2.75) is 19.4 Å². The second kappa shape index (κ2) is 6.66. The summed E-state index contributed by atoms with van der Waals surface area (Å²) in [6, 6.07) is 1.74. The molecule has 6 heteroatoms. The summed E-state index contributed by atoms with van der Waals surface area (Å²) in [5.74, 6) is -0.249. The maximum Gasteiger partial charge on any atom is 0.307 e. The summed E-state index contributed by atoms with van der Waals surface area (Å²) in [6.45, 7) is 2.62. The van der Waals surface area contributed by atoms with Gasteiger partial charge >= 0.3 is 5.97 Å². The number of nitrogens with one attached hydrogen (secondary N) is 1. The van der Waals surface area contributed by atoms with Crippen LogP contribution in [0.4, 0.5) is 0 Å². The molecule has 0 amide bonds. The molecule has 1 aromatic heterocycles. The first-order valence-corrected chi connectivity index (χ1v) is 5.42. The minimum absolute atomic E-state index is 0.249. The highest BCUT2D eigenvalue weighted by Gasteiger charge is 2.18. The van der Waals surface area contributed by atoms with Crippen LogP contribution >= 0.6 is 0 Å². The third-order valence-electron chi connectivity index (χ3n) is 2.35. The number of aromatic nitrogens is 2. The SMILES string of the molecule is CCOC(=O)CCN(C)C(C#N)c1cnc[nH]1. The highest BCUT2D eigenvalue weighted by molar-refractivity contribution is 5.69. The van der Waals surface area contributed by atoms with Crippen LogP contribution in [0.3, 0.4) is 0 Å². The zero-order chi connectivity index (χ0) is 12.7. The fourth-order valence-corrected chi connectivity index (χ4v) is 1.45. The van der Waals surface area contributed by atoms with Crippen LogP contribution in [0.2, 0.25) is 0 Å². The third kappa shape index (κ3) is 3.89. The molecule has 0 fully saturated rings. The molecule has 0 bridgehead atoms. The van der Waals surface area contributed by atoms with Crippen LogP contribution in [-0.4, -0.2) is 41.0 Å². The fraction of sp³-hybridized carbons (Fsp3) is 0.545. The van der Waals surface area contributed by atoms with Gasteiger partial charge in [0.15, 0.2) is 0 Å². The molecule has 0 aliphatic carbocycles. The van der Waals surface area contributed by atoms with Gasteiger partial charge in [-0.2, -0.15) is 5.26 Å². The minimum atomic E-state index is -0.424. The van der Waals surface area contributed by atoms with Gasteiger partial charge in [-0.15, -0.1) is 0 Å². The van der Waals surface area contributed by atoms with E-state index in [-0.39, 0.29) is 12.4 Å². The van der Waals surface area contributed by atoms with Crippen molar-refractivity contribution in [2.75, 3.05) is 20.2 Å². The second-order valence-electron chi connectivity index (χ2n) is 3.57. The van der Waals surface area contributed by atoms with E-state index < -0.39 is 6.04 Å². The average Bonchev–Trinajstić information content (AvgIpc) is 2.81. The number of esters is 1. The molecule has 1 aromatic rings. The molecule has 0 spiro atoms. The predicted octanol–water partition coefficient (Wildman–Crippen LogP) is 0.859. The van der Waals surface area contributed by atoms with Crippen LogP contribution in [0.15, 0.2) is 12.5 Å². The van der Waals surface area contributed by atoms with Crippen molar-refractivity contribution in [3.05, 3.63) is 18.2 Å². The van der Waals surface area contributed by atoms with Crippen LogP contribution < -0.4 is 0 Å². The fourth-order valence-electron chi connectivity index (χ4n) is 1.45. The van der Waals surface area contributed by atoms with E-state index >= 15 is 0 Å². The van der Waals surface area contributed by atoms with Crippen molar-refractivity contribution in [3.63, 3.8) is 0 Å². The summed E-state index contributed by atoms with van der Waals surface area (Å²) in [7, 11) is 1.79. The van der Waals surface area contributed by atoms with Gasteiger partial charge in [0.2, 0.25) is 0 Å². The van der Waals surface area contributed by atoms with Gasteiger partial charge in [-0.05, 0) is 14.0 Å². The van der Waals surface area contributed by atoms with E-state index in [2.05, 4.69) is 16.0 Å². The van der Waals surface area contributed by atoms with E-state index in [0.717, 1.165) is 5.69 Å². The molecule has 92 valence electrons. The Morgan fingerprint density at radius 1 is 1.76 bits per heavy atom. The van der Waals surface area contributed by atoms with Crippen LogP contribution in [0.25, 0.3) is 0 Å². The molecule has 0 aliphatic rings. The summed E-state index contributed by atoms with van der Waals surface area (Å²) in [4.78, 5) is 19.7. The van der Waals surface area contributed by atoms with E-state index in [9.17, 15) is 4.79 Å². The van der Waals surface area contributed by atoms with Crippen LogP contribution in [0.5, 0.6) is 0 Å². The number of rotatable bonds is 6. The molecular formula is C11H16N4O2. The number of nitriles is 1. The monoisotopic (exact) mass is 236 g/mol. The molecule has 1 N–H and O–H groups in total. The lowest BCUT2D eigenvalue weighted by atomic mass is 10.2. The highest BCUT2D eigenvalue weighted by Crippen LogP contribution is 2.15. The van der Waals surface area contributed by atoms with E-state index in [4.69, 9.17) is 10.00 Å². The Hall–Kier alpha value is -1.87. The average molecular weight is 236 g/mol. The standard InChI is InChI=1S/C11H16N4O2/c1-3-17-11(16)4-5-15(2)10(6-12)9-7-13-8-14-9/h7-8,10H,3-5H2,1-2H3,(H,13,14). The van der Waals surface area contributed by atoms with E-state index in [0.29, 0.717) is 13.2 Å². The molecule has 0 aliphatic heterocycles. The van der Waals surface area contributed by atoms with Crippen LogP contribution in [0, 0.1) is 11.3 Å². The molecule has 1 heterocycles. The smallest absolute Gasteiger partial charge is 0.307 e. The van der Waals surface area contributed by atoms with Crippen molar-refractivity contribution in [3.8, 4) is 6.07 Å². The Morgan fingerprint density at radius 3 is 3.06 bits per heavy atom. The number of aromatic amines is 1. The number of carbonyl (C=O) groups is 1. The van der Waals surface area contributed by atoms with Crippen molar-refractivity contribution < 1.29 is 9.53 Å². The Balaban J connectivity index is 2.48. The number of hydrogen-bond acceptors (Lipinski definition) is 5. The van der Waals surface area contributed by atoms with Crippen molar-refractivity contribution in [1.29, 1.82) is 5.26 Å². The number of carbonyl (C=O) groups excluding carboxylic acids is 1. The van der Waals surface area contributed by atoms with Gasteiger partial charge in [-0.3, -0.25) is 9.69 Å². The summed E-state index contributed by atoms with van der Waals surface area (Å²) in [6.07, 6.45) is 3.41. The van der Waals surface area contributed by atoms with Gasteiger partial charge in [0, 0.05) is 6.54 Å². The van der Waals surface area contributed by atoms with Crippen molar-refractivity contribution in [1.82, 2.24) is 14.9 Å². The lowest BCUT2D eigenvalue weighted by molar-refractivity contribution is -0.143. The molecule has 0 saturated carbocycles. The van der Waals surface area contributed by atoms with E-state index in [1.165, 1.54) is 6.33 Å². The number of ether oxygens (including phenoxy) is 1. The molecule has 0 saturated heterocycles. The maximum absolute atomic E-state index is 11.2. The van der Waals surface area contributed by atoms with E-state index in [1.807, 2.05) is 0 Å². The molecule has 17 heavy (non-hydrogen) atoms. The van der Waals surface area contributed by atoms with Gasteiger partial charge in [0.1, 0.15) is 6.04 Å². The first kappa shape index (κ1) is 13.2. The van der Waals surface area contributed by atoms with Gasteiger partial charge in [0.25, 0.3) is 0 Å². The summed E-state index contributed by atoms with van der Waals surface area (Å²) >= 11 is 0. The second-order valence-corrected chi connectivity index (χ2v) is 3.57. The van der Waals surface area contributed by atoms with Gasteiger partial charge in [-0.1, -0.05) is 0 Å². The number of H-pyrrole nitrogens is 1. The van der Waals surface area contributed by atoms with Crippen LogP contribution in [-0.2, 0) is 9.53 Å². The predicted molar refractivity (Wildman–Crippen MR) is 60.8 cm³/mol. The largest absolute Gasteiger partial charge is 0.466 e.